The van der Waals surface area contributed by atoms with Gasteiger partial charge in [-0.05, 0) is 11.6 Å². The number of carbonyl (C=O) groups is 1. The number of non-ortho nitro benzene ring substituents is 1. The van der Waals surface area contributed by atoms with E-state index in [0.29, 0.717) is 17.7 Å². The van der Waals surface area contributed by atoms with Crippen molar-refractivity contribution in [3.05, 3.63) is 39.4 Å². The highest BCUT2D eigenvalue weighted by atomic mass is 16.6. The van der Waals surface area contributed by atoms with Crippen molar-refractivity contribution in [2.75, 3.05) is 0 Å². The second kappa shape index (κ2) is 2.55. The van der Waals surface area contributed by atoms with Crippen LogP contribution < -0.4 is 5.32 Å². The molecule has 0 atom stereocenters. The highest BCUT2D eigenvalue weighted by molar-refractivity contribution is 5.98. The molecule has 1 aromatic rings. The molecule has 0 aromatic heterocycles. The number of nitrogens with zero attached hydrogens (tertiary/aromatic N) is 1. The van der Waals surface area contributed by atoms with Crippen LogP contribution in [-0.4, -0.2) is 10.8 Å². The van der Waals surface area contributed by atoms with E-state index in [-0.39, 0.29) is 11.6 Å². The number of fused-ring (bicyclic) bond motifs is 1. The van der Waals surface area contributed by atoms with Crippen molar-refractivity contribution in [1.29, 1.82) is 0 Å². The van der Waals surface area contributed by atoms with Gasteiger partial charge in [0.25, 0.3) is 11.6 Å². The van der Waals surface area contributed by atoms with Gasteiger partial charge in [0.1, 0.15) is 0 Å². The predicted octanol–water partition coefficient (Wildman–Crippen LogP) is 0.838. The molecule has 66 valence electrons. The van der Waals surface area contributed by atoms with Crippen LogP contribution in [-0.2, 0) is 6.54 Å². The first-order chi connectivity index (χ1) is 6.18. The number of nitro benzene ring substituents is 1. The van der Waals surface area contributed by atoms with Gasteiger partial charge in [0.15, 0.2) is 0 Å². The Balaban J connectivity index is 2.51. The van der Waals surface area contributed by atoms with E-state index in [9.17, 15) is 14.9 Å². The third-order valence-corrected chi connectivity index (χ3v) is 1.98. The summed E-state index contributed by atoms with van der Waals surface area (Å²) in [5.41, 5.74) is 1.25. The standard InChI is InChI=1S/C8H6N2O3/c11-8-7-2-1-6(10(12)13)3-5(7)4-9-8/h1-3H,4H2,(H,9,11). The fourth-order valence-electron chi connectivity index (χ4n) is 1.33. The van der Waals surface area contributed by atoms with Crippen molar-refractivity contribution in [3.63, 3.8) is 0 Å². The third-order valence-electron chi connectivity index (χ3n) is 1.98. The molecule has 0 aliphatic carbocycles. The molecule has 2 rings (SSSR count). The molecular weight excluding hydrogens is 172 g/mol. The van der Waals surface area contributed by atoms with Crippen LogP contribution in [0.3, 0.4) is 0 Å². The fraction of sp³-hybridized carbons (Fsp3) is 0.125. The van der Waals surface area contributed by atoms with Crippen molar-refractivity contribution >= 4 is 11.6 Å². The molecular formula is C8H6N2O3. The summed E-state index contributed by atoms with van der Waals surface area (Å²) in [7, 11) is 0. The van der Waals surface area contributed by atoms with Crippen LogP contribution in [0.4, 0.5) is 5.69 Å². The van der Waals surface area contributed by atoms with E-state index in [1.807, 2.05) is 0 Å². The summed E-state index contributed by atoms with van der Waals surface area (Å²) in [4.78, 5) is 21.0. The van der Waals surface area contributed by atoms with Crippen LogP contribution in [0.5, 0.6) is 0 Å². The average molecular weight is 178 g/mol. The minimum atomic E-state index is -0.469. The number of hydrogen-bond acceptors (Lipinski definition) is 3. The quantitative estimate of drug-likeness (QED) is 0.511. The zero-order chi connectivity index (χ0) is 9.42. The summed E-state index contributed by atoms with van der Waals surface area (Å²) in [6.45, 7) is 0.385. The van der Waals surface area contributed by atoms with Crippen molar-refractivity contribution in [3.8, 4) is 0 Å². The fourth-order valence-corrected chi connectivity index (χ4v) is 1.33. The first-order valence-corrected chi connectivity index (χ1v) is 3.74. The number of hydrogen-bond donors (Lipinski definition) is 1. The Morgan fingerprint density at radius 1 is 1.46 bits per heavy atom. The number of rotatable bonds is 1. The summed E-state index contributed by atoms with van der Waals surface area (Å²) in [5.74, 6) is -0.162. The number of benzene rings is 1. The van der Waals surface area contributed by atoms with Gasteiger partial charge in [-0.1, -0.05) is 0 Å². The van der Waals surface area contributed by atoms with E-state index in [4.69, 9.17) is 0 Å². The van der Waals surface area contributed by atoms with Gasteiger partial charge in [0.2, 0.25) is 0 Å². The van der Waals surface area contributed by atoms with Crippen molar-refractivity contribution in [2.45, 2.75) is 6.54 Å². The Morgan fingerprint density at radius 3 is 2.92 bits per heavy atom. The average Bonchev–Trinajstić information content (AvgIpc) is 2.47. The van der Waals surface area contributed by atoms with Crippen LogP contribution in [0.15, 0.2) is 18.2 Å². The van der Waals surface area contributed by atoms with E-state index in [2.05, 4.69) is 5.32 Å². The predicted molar refractivity (Wildman–Crippen MR) is 44.3 cm³/mol. The van der Waals surface area contributed by atoms with E-state index < -0.39 is 4.92 Å². The minimum Gasteiger partial charge on any atom is -0.348 e. The lowest BCUT2D eigenvalue weighted by atomic mass is 10.1. The first-order valence-electron chi connectivity index (χ1n) is 3.74. The Morgan fingerprint density at radius 2 is 2.23 bits per heavy atom. The zero-order valence-electron chi connectivity index (χ0n) is 6.61. The molecule has 1 heterocycles. The molecule has 1 aromatic carbocycles. The second-order valence-corrected chi connectivity index (χ2v) is 2.78. The highest BCUT2D eigenvalue weighted by Crippen LogP contribution is 2.21. The van der Waals surface area contributed by atoms with E-state index >= 15 is 0 Å². The summed E-state index contributed by atoms with van der Waals surface area (Å²) in [6, 6.07) is 4.24. The Hall–Kier alpha value is -1.91. The topological polar surface area (TPSA) is 72.2 Å². The summed E-state index contributed by atoms with van der Waals surface area (Å²) >= 11 is 0. The van der Waals surface area contributed by atoms with Crippen LogP contribution in [0.1, 0.15) is 15.9 Å². The molecule has 1 aliphatic heterocycles. The maximum atomic E-state index is 11.1. The maximum Gasteiger partial charge on any atom is 0.269 e. The third kappa shape index (κ3) is 1.14. The highest BCUT2D eigenvalue weighted by Gasteiger charge is 2.20. The Labute approximate surface area is 73.5 Å². The van der Waals surface area contributed by atoms with Crippen LogP contribution in [0.25, 0.3) is 0 Å². The Bertz CT molecular complexity index is 400. The largest absolute Gasteiger partial charge is 0.348 e. The van der Waals surface area contributed by atoms with Crippen LogP contribution in [0, 0.1) is 10.1 Å². The van der Waals surface area contributed by atoms with Crippen molar-refractivity contribution in [2.24, 2.45) is 0 Å². The molecule has 0 saturated carbocycles. The number of carbonyl (C=O) groups excluding carboxylic acids is 1. The first kappa shape index (κ1) is 7.72. The van der Waals surface area contributed by atoms with Gasteiger partial charge in [0, 0.05) is 24.2 Å². The molecule has 0 unspecified atom stereocenters. The lowest BCUT2D eigenvalue weighted by molar-refractivity contribution is -0.384. The van der Waals surface area contributed by atoms with Crippen LogP contribution >= 0.6 is 0 Å². The normalized spacial score (nSPS) is 13.7. The summed E-state index contributed by atoms with van der Waals surface area (Å²) in [5, 5.41) is 13.0. The monoisotopic (exact) mass is 178 g/mol. The molecule has 5 nitrogen and oxygen atoms in total. The number of nitrogens with one attached hydrogen (secondary N) is 1. The van der Waals surface area contributed by atoms with Crippen molar-refractivity contribution in [1.82, 2.24) is 5.32 Å². The lowest BCUT2D eigenvalue weighted by Gasteiger charge is -1.94. The molecule has 1 N–H and O–H groups in total. The molecule has 5 heteroatoms. The summed E-state index contributed by atoms with van der Waals surface area (Å²) < 4.78 is 0. The number of amides is 1. The summed E-state index contributed by atoms with van der Waals surface area (Å²) in [6.07, 6.45) is 0. The van der Waals surface area contributed by atoms with Gasteiger partial charge in [-0.2, -0.15) is 0 Å². The van der Waals surface area contributed by atoms with Gasteiger partial charge in [0.05, 0.1) is 4.92 Å². The van der Waals surface area contributed by atoms with E-state index in [1.54, 1.807) is 0 Å². The molecule has 1 amide bonds. The van der Waals surface area contributed by atoms with Gasteiger partial charge >= 0.3 is 0 Å². The molecule has 0 radical (unpaired) electrons. The molecule has 0 saturated heterocycles. The molecule has 0 fully saturated rings. The molecule has 0 spiro atoms. The maximum absolute atomic E-state index is 11.1. The van der Waals surface area contributed by atoms with Gasteiger partial charge in [-0.3, -0.25) is 14.9 Å². The van der Waals surface area contributed by atoms with Crippen molar-refractivity contribution < 1.29 is 9.72 Å². The smallest absolute Gasteiger partial charge is 0.269 e. The molecule has 0 bridgehead atoms. The second-order valence-electron chi connectivity index (χ2n) is 2.78. The van der Waals surface area contributed by atoms with E-state index in [1.165, 1.54) is 18.2 Å². The SMILES string of the molecule is O=C1NCc2cc([N+](=O)[O-])ccc21. The lowest BCUT2D eigenvalue weighted by Crippen LogP contribution is -2.12. The van der Waals surface area contributed by atoms with Gasteiger partial charge in [-0.15, -0.1) is 0 Å². The molecule has 1 aliphatic rings. The van der Waals surface area contributed by atoms with Gasteiger partial charge < -0.3 is 5.32 Å². The number of nitro groups is 1. The minimum absolute atomic E-state index is 0.0234. The van der Waals surface area contributed by atoms with E-state index in [0.717, 1.165) is 0 Å². The molecule has 13 heavy (non-hydrogen) atoms. The Kier molecular flexibility index (Phi) is 1.51. The van der Waals surface area contributed by atoms with Crippen LogP contribution in [0.2, 0.25) is 0 Å². The van der Waals surface area contributed by atoms with Gasteiger partial charge in [-0.25, -0.2) is 0 Å². The zero-order valence-corrected chi connectivity index (χ0v) is 6.61.